The number of rotatable bonds is 8. The van der Waals surface area contributed by atoms with Gasteiger partial charge < -0.3 is 15.4 Å². The maximum atomic E-state index is 5.57. The predicted molar refractivity (Wildman–Crippen MR) is 64.2 cm³/mol. The first-order valence-corrected chi connectivity index (χ1v) is 6.38. The van der Waals surface area contributed by atoms with Crippen LogP contribution in [0, 0.1) is 0 Å². The maximum Gasteiger partial charge on any atom is 0.0588 e. The zero-order chi connectivity index (χ0) is 10.9. The molecular formula is C12H26N2O. The van der Waals surface area contributed by atoms with Crippen molar-refractivity contribution in [1.82, 2.24) is 10.6 Å². The third-order valence-corrected chi connectivity index (χ3v) is 2.97. The van der Waals surface area contributed by atoms with Crippen LogP contribution in [0.3, 0.4) is 0 Å². The Kier molecular flexibility index (Phi) is 6.98. The molecule has 1 aliphatic heterocycles. The minimum atomic E-state index is 0.531. The molecule has 0 radical (unpaired) electrons. The molecule has 1 fully saturated rings. The van der Waals surface area contributed by atoms with E-state index in [0.717, 1.165) is 26.2 Å². The summed E-state index contributed by atoms with van der Waals surface area (Å²) in [6.07, 6.45) is 5.43. The van der Waals surface area contributed by atoms with Crippen LogP contribution in [-0.4, -0.2) is 38.4 Å². The molecule has 15 heavy (non-hydrogen) atoms. The van der Waals surface area contributed by atoms with E-state index >= 15 is 0 Å². The van der Waals surface area contributed by atoms with Gasteiger partial charge in [0.05, 0.1) is 6.10 Å². The molecule has 0 aliphatic carbocycles. The molecule has 0 amide bonds. The van der Waals surface area contributed by atoms with Gasteiger partial charge in [-0.15, -0.1) is 0 Å². The smallest absolute Gasteiger partial charge is 0.0588 e. The van der Waals surface area contributed by atoms with Crippen molar-refractivity contribution >= 4 is 0 Å². The number of hydrogen-bond donors (Lipinski definition) is 2. The molecule has 3 heteroatoms. The maximum absolute atomic E-state index is 5.57. The van der Waals surface area contributed by atoms with Crippen molar-refractivity contribution in [2.75, 3.05) is 26.2 Å². The Bertz CT molecular complexity index is 147. The summed E-state index contributed by atoms with van der Waals surface area (Å²) in [6, 6.07) is 0.630. The van der Waals surface area contributed by atoms with Crippen molar-refractivity contribution in [3.63, 3.8) is 0 Å². The fraction of sp³-hybridized carbons (Fsp3) is 1.00. The molecule has 1 aliphatic rings. The van der Waals surface area contributed by atoms with E-state index in [1.807, 2.05) is 0 Å². The van der Waals surface area contributed by atoms with Gasteiger partial charge in [0.15, 0.2) is 0 Å². The van der Waals surface area contributed by atoms with E-state index in [0.29, 0.717) is 12.1 Å². The van der Waals surface area contributed by atoms with Crippen molar-refractivity contribution < 1.29 is 4.74 Å². The summed E-state index contributed by atoms with van der Waals surface area (Å²) >= 11 is 0. The average molecular weight is 214 g/mol. The fourth-order valence-corrected chi connectivity index (χ4v) is 2.03. The zero-order valence-electron chi connectivity index (χ0n) is 10.2. The first kappa shape index (κ1) is 12.9. The molecule has 0 bridgehead atoms. The highest BCUT2D eigenvalue weighted by Gasteiger charge is 2.14. The molecule has 3 nitrogen and oxygen atoms in total. The van der Waals surface area contributed by atoms with Gasteiger partial charge in [0.2, 0.25) is 0 Å². The molecule has 2 unspecified atom stereocenters. The lowest BCUT2D eigenvalue weighted by molar-refractivity contribution is 0.104. The van der Waals surface area contributed by atoms with Crippen molar-refractivity contribution in [3.8, 4) is 0 Å². The van der Waals surface area contributed by atoms with Gasteiger partial charge in [-0.2, -0.15) is 0 Å². The van der Waals surface area contributed by atoms with Gasteiger partial charge in [-0.1, -0.05) is 6.92 Å². The summed E-state index contributed by atoms with van der Waals surface area (Å²) in [5.41, 5.74) is 0. The van der Waals surface area contributed by atoms with Gasteiger partial charge in [-0.3, -0.25) is 0 Å². The Labute approximate surface area is 94.0 Å². The van der Waals surface area contributed by atoms with Gasteiger partial charge in [0.25, 0.3) is 0 Å². The second-order valence-corrected chi connectivity index (χ2v) is 4.42. The third-order valence-electron chi connectivity index (χ3n) is 2.97. The SMILES string of the molecule is CCNC(C)CCNCCC1CCCO1. The van der Waals surface area contributed by atoms with E-state index in [9.17, 15) is 0 Å². The summed E-state index contributed by atoms with van der Waals surface area (Å²) in [6.45, 7) is 8.65. The van der Waals surface area contributed by atoms with Crippen LogP contribution in [0.15, 0.2) is 0 Å². The van der Waals surface area contributed by atoms with E-state index in [4.69, 9.17) is 4.74 Å². The Morgan fingerprint density at radius 1 is 1.40 bits per heavy atom. The highest BCUT2D eigenvalue weighted by Crippen LogP contribution is 2.14. The van der Waals surface area contributed by atoms with Crippen molar-refractivity contribution in [2.45, 2.75) is 51.7 Å². The Morgan fingerprint density at radius 2 is 2.27 bits per heavy atom. The highest BCUT2D eigenvalue weighted by atomic mass is 16.5. The molecule has 1 rings (SSSR count). The summed E-state index contributed by atoms with van der Waals surface area (Å²) in [5, 5.41) is 6.89. The minimum absolute atomic E-state index is 0.531. The fourth-order valence-electron chi connectivity index (χ4n) is 2.03. The van der Waals surface area contributed by atoms with Crippen LogP contribution in [0.25, 0.3) is 0 Å². The van der Waals surface area contributed by atoms with E-state index < -0.39 is 0 Å². The van der Waals surface area contributed by atoms with Crippen molar-refractivity contribution in [3.05, 3.63) is 0 Å². The summed E-state index contributed by atoms with van der Waals surface area (Å²) in [5.74, 6) is 0. The van der Waals surface area contributed by atoms with Crippen molar-refractivity contribution in [1.29, 1.82) is 0 Å². The molecule has 90 valence electrons. The molecule has 1 heterocycles. The van der Waals surface area contributed by atoms with Crippen LogP contribution >= 0.6 is 0 Å². The van der Waals surface area contributed by atoms with Gasteiger partial charge in [0.1, 0.15) is 0 Å². The summed E-state index contributed by atoms with van der Waals surface area (Å²) in [7, 11) is 0. The van der Waals surface area contributed by atoms with E-state index in [1.165, 1.54) is 25.7 Å². The van der Waals surface area contributed by atoms with Crippen molar-refractivity contribution in [2.24, 2.45) is 0 Å². The number of ether oxygens (including phenoxy) is 1. The highest BCUT2D eigenvalue weighted by molar-refractivity contribution is 4.67. The van der Waals surface area contributed by atoms with Crippen LogP contribution < -0.4 is 10.6 Å². The quantitative estimate of drug-likeness (QED) is 0.601. The monoisotopic (exact) mass is 214 g/mol. The molecule has 0 aromatic heterocycles. The molecule has 2 atom stereocenters. The van der Waals surface area contributed by atoms with E-state index in [-0.39, 0.29) is 0 Å². The first-order valence-electron chi connectivity index (χ1n) is 6.38. The predicted octanol–water partition coefficient (Wildman–Crippen LogP) is 1.53. The topological polar surface area (TPSA) is 33.3 Å². The summed E-state index contributed by atoms with van der Waals surface area (Å²) < 4.78 is 5.57. The summed E-state index contributed by atoms with van der Waals surface area (Å²) in [4.78, 5) is 0. The molecule has 0 aromatic carbocycles. The minimum Gasteiger partial charge on any atom is -0.378 e. The Balaban J connectivity index is 1.84. The van der Waals surface area contributed by atoms with Gasteiger partial charge in [-0.05, 0) is 52.2 Å². The van der Waals surface area contributed by atoms with Gasteiger partial charge in [-0.25, -0.2) is 0 Å². The van der Waals surface area contributed by atoms with E-state index in [2.05, 4.69) is 24.5 Å². The molecule has 0 spiro atoms. The third kappa shape index (κ3) is 6.13. The van der Waals surface area contributed by atoms with E-state index in [1.54, 1.807) is 0 Å². The van der Waals surface area contributed by atoms with Gasteiger partial charge in [0, 0.05) is 12.6 Å². The lowest BCUT2D eigenvalue weighted by Gasteiger charge is -2.13. The largest absolute Gasteiger partial charge is 0.378 e. The number of hydrogen-bond acceptors (Lipinski definition) is 3. The average Bonchev–Trinajstić information content (AvgIpc) is 2.70. The van der Waals surface area contributed by atoms with Crippen LogP contribution in [0.5, 0.6) is 0 Å². The Morgan fingerprint density at radius 3 is 2.93 bits per heavy atom. The lowest BCUT2D eigenvalue weighted by atomic mass is 10.2. The molecule has 0 saturated carbocycles. The lowest BCUT2D eigenvalue weighted by Crippen LogP contribution is -2.30. The normalized spacial score (nSPS) is 23.2. The second kappa shape index (κ2) is 8.08. The molecule has 2 N–H and O–H groups in total. The van der Waals surface area contributed by atoms with Crippen LogP contribution in [0.1, 0.15) is 39.5 Å². The first-order chi connectivity index (χ1) is 7.33. The molecule has 0 aromatic rings. The van der Waals surface area contributed by atoms with Crippen LogP contribution in [0.4, 0.5) is 0 Å². The Hall–Kier alpha value is -0.120. The zero-order valence-corrected chi connectivity index (χ0v) is 10.2. The number of nitrogens with one attached hydrogen (secondary N) is 2. The van der Waals surface area contributed by atoms with Crippen LogP contribution in [0.2, 0.25) is 0 Å². The molecule has 1 saturated heterocycles. The standard InChI is InChI=1S/C12H26N2O/c1-3-14-11(2)6-8-13-9-7-12-5-4-10-15-12/h11-14H,3-10H2,1-2H3. The van der Waals surface area contributed by atoms with Gasteiger partial charge >= 0.3 is 0 Å². The molecular weight excluding hydrogens is 188 g/mol. The van der Waals surface area contributed by atoms with Crippen LogP contribution in [-0.2, 0) is 4.74 Å². The second-order valence-electron chi connectivity index (χ2n) is 4.42.